The van der Waals surface area contributed by atoms with Crippen LogP contribution in [0.5, 0.6) is 0 Å². The number of halogens is 2. The van der Waals surface area contributed by atoms with Gasteiger partial charge >= 0.3 is 0 Å². The molecule has 0 spiro atoms. The van der Waals surface area contributed by atoms with Crippen molar-refractivity contribution in [1.29, 1.82) is 0 Å². The molecule has 0 bridgehead atoms. The molecule has 34 heavy (non-hydrogen) atoms. The summed E-state index contributed by atoms with van der Waals surface area (Å²) in [6.45, 7) is 10.7. The Morgan fingerprint density at radius 2 is 1.79 bits per heavy atom. The van der Waals surface area contributed by atoms with Crippen LogP contribution >= 0.6 is 0 Å². The molecule has 9 heteroatoms. The minimum atomic E-state index is -0.868. The van der Waals surface area contributed by atoms with Crippen molar-refractivity contribution in [3.05, 3.63) is 53.4 Å². The summed E-state index contributed by atoms with van der Waals surface area (Å²) >= 11 is 0. The first-order chi connectivity index (χ1) is 16.1. The second-order valence-corrected chi connectivity index (χ2v) is 9.85. The van der Waals surface area contributed by atoms with Crippen molar-refractivity contribution in [2.45, 2.75) is 52.3 Å². The average Bonchev–Trinajstić information content (AvgIpc) is 2.75. The van der Waals surface area contributed by atoms with E-state index in [1.165, 1.54) is 12.1 Å². The number of piperazine rings is 1. The number of hydrogen-bond acceptors (Lipinski definition) is 7. The van der Waals surface area contributed by atoms with E-state index in [-0.39, 0.29) is 11.9 Å². The first kappa shape index (κ1) is 24.2. The Morgan fingerprint density at radius 1 is 1.06 bits per heavy atom. The zero-order valence-electron chi connectivity index (χ0n) is 20.1. The summed E-state index contributed by atoms with van der Waals surface area (Å²) in [7, 11) is 0. The first-order valence-corrected chi connectivity index (χ1v) is 11.6. The van der Waals surface area contributed by atoms with Crippen LogP contribution in [-0.4, -0.2) is 62.8 Å². The summed E-state index contributed by atoms with van der Waals surface area (Å²) in [4.78, 5) is 18.5. The van der Waals surface area contributed by atoms with Gasteiger partial charge in [-0.25, -0.2) is 18.7 Å². The summed E-state index contributed by atoms with van der Waals surface area (Å²) in [6.07, 6.45) is 2.12. The van der Waals surface area contributed by atoms with Gasteiger partial charge in [0.15, 0.2) is 11.6 Å². The number of aliphatic hydroxyl groups is 1. The number of pyridine rings is 1. The summed E-state index contributed by atoms with van der Waals surface area (Å²) < 4.78 is 27.6. The van der Waals surface area contributed by atoms with Crippen LogP contribution in [0.25, 0.3) is 11.0 Å². The van der Waals surface area contributed by atoms with Crippen molar-refractivity contribution in [2.24, 2.45) is 0 Å². The fourth-order valence-corrected chi connectivity index (χ4v) is 4.15. The highest BCUT2D eigenvalue weighted by molar-refractivity contribution is 5.80. The van der Waals surface area contributed by atoms with Crippen molar-refractivity contribution in [3.63, 3.8) is 0 Å². The van der Waals surface area contributed by atoms with Gasteiger partial charge in [-0.3, -0.25) is 9.88 Å². The molecular formula is C25H32F2N6O. The van der Waals surface area contributed by atoms with Crippen LogP contribution in [0.3, 0.4) is 0 Å². The number of rotatable bonds is 7. The Morgan fingerprint density at radius 3 is 2.47 bits per heavy atom. The number of aromatic nitrogens is 3. The van der Waals surface area contributed by atoms with Gasteiger partial charge in [0.2, 0.25) is 0 Å². The van der Waals surface area contributed by atoms with Crippen LogP contribution in [0.2, 0.25) is 0 Å². The maximum absolute atomic E-state index is 14.1. The molecular weight excluding hydrogens is 438 g/mol. The molecule has 2 N–H and O–H groups in total. The SMILES string of the molecule is CC(C)Nc1nc2cnc(CC(C)(C)O)cc2nc1N1CCN(Cc2cc(F)ccc2F)CC1. The number of nitrogens with zero attached hydrogens (tertiary/aromatic N) is 5. The molecule has 3 heterocycles. The monoisotopic (exact) mass is 470 g/mol. The molecule has 1 fully saturated rings. The van der Waals surface area contributed by atoms with Crippen molar-refractivity contribution < 1.29 is 13.9 Å². The zero-order valence-corrected chi connectivity index (χ0v) is 20.1. The van der Waals surface area contributed by atoms with Gasteiger partial charge in [0.05, 0.1) is 17.3 Å². The molecule has 0 unspecified atom stereocenters. The largest absolute Gasteiger partial charge is 0.390 e. The second kappa shape index (κ2) is 9.76. The predicted molar refractivity (Wildman–Crippen MR) is 130 cm³/mol. The van der Waals surface area contributed by atoms with Crippen LogP contribution in [0.15, 0.2) is 30.5 Å². The number of nitrogens with one attached hydrogen (secondary N) is 1. The Bertz CT molecular complexity index is 1160. The normalized spacial score (nSPS) is 15.4. The first-order valence-electron chi connectivity index (χ1n) is 11.6. The molecule has 1 aromatic carbocycles. The second-order valence-electron chi connectivity index (χ2n) is 9.85. The predicted octanol–water partition coefficient (Wildman–Crippen LogP) is 3.76. The molecule has 1 aliphatic heterocycles. The Balaban J connectivity index is 1.56. The van der Waals surface area contributed by atoms with Crippen LogP contribution < -0.4 is 10.2 Å². The van der Waals surface area contributed by atoms with Gasteiger partial charge in [-0.2, -0.15) is 0 Å². The number of fused-ring (bicyclic) bond motifs is 1. The lowest BCUT2D eigenvalue weighted by Gasteiger charge is -2.36. The van der Waals surface area contributed by atoms with Gasteiger partial charge in [-0.05, 0) is 52.0 Å². The highest BCUT2D eigenvalue weighted by Gasteiger charge is 2.24. The highest BCUT2D eigenvalue weighted by Crippen LogP contribution is 2.27. The number of hydrogen-bond donors (Lipinski definition) is 2. The Hall–Kier alpha value is -2.91. The maximum Gasteiger partial charge on any atom is 0.172 e. The molecule has 1 saturated heterocycles. The van der Waals surface area contributed by atoms with Crippen molar-refractivity contribution in [1.82, 2.24) is 19.9 Å². The van der Waals surface area contributed by atoms with E-state index >= 15 is 0 Å². The minimum Gasteiger partial charge on any atom is -0.390 e. The van der Waals surface area contributed by atoms with E-state index in [2.05, 4.69) is 20.1 Å². The van der Waals surface area contributed by atoms with Gasteiger partial charge in [0, 0.05) is 56.4 Å². The van der Waals surface area contributed by atoms with E-state index in [9.17, 15) is 13.9 Å². The molecule has 0 saturated carbocycles. The standard InChI is InChI=1S/C25H32F2N6O/c1-16(2)29-23-24(31-21-12-19(13-25(3,4)34)28-14-22(21)30-23)33-9-7-32(8-10-33)15-17-11-18(26)5-6-20(17)27/h5-6,11-12,14,16,34H,7-10,13,15H2,1-4H3,(H,29,30). The van der Waals surface area contributed by atoms with Gasteiger partial charge in [-0.15, -0.1) is 0 Å². The summed E-state index contributed by atoms with van der Waals surface area (Å²) in [6, 6.07) is 5.63. The fourth-order valence-electron chi connectivity index (χ4n) is 4.15. The summed E-state index contributed by atoms with van der Waals surface area (Å²) in [5.41, 5.74) is 1.67. The molecule has 0 amide bonds. The molecule has 0 aliphatic carbocycles. The molecule has 4 rings (SSSR count). The molecule has 1 aliphatic rings. The van der Waals surface area contributed by atoms with Crippen LogP contribution in [0.1, 0.15) is 39.0 Å². The molecule has 2 aromatic heterocycles. The summed E-state index contributed by atoms with van der Waals surface area (Å²) in [5, 5.41) is 13.6. The van der Waals surface area contributed by atoms with Crippen molar-refractivity contribution in [2.75, 3.05) is 36.4 Å². The third kappa shape index (κ3) is 5.95. The van der Waals surface area contributed by atoms with E-state index < -0.39 is 11.4 Å². The fraction of sp³-hybridized carbons (Fsp3) is 0.480. The van der Waals surface area contributed by atoms with Crippen molar-refractivity contribution >= 4 is 22.7 Å². The van der Waals surface area contributed by atoms with Gasteiger partial charge in [0.1, 0.15) is 17.2 Å². The Kier molecular flexibility index (Phi) is 6.95. The minimum absolute atomic E-state index is 0.171. The van der Waals surface area contributed by atoms with Gasteiger partial charge in [-0.1, -0.05) is 0 Å². The number of anilines is 2. The smallest absolute Gasteiger partial charge is 0.172 e. The van der Waals surface area contributed by atoms with Crippen LogP contribution in [0, 0.1) is 11.6 Å². The summed E-state index contributed by atoms with van der Waals surface area (Å²) in [5.74, 6) is 0.648. The van der Waals surface area contributed by atoms with E-state index in [1.807, 2.05) is 19.9 Å². The topological polar surface area (TPSA) is 77.4 Å². The van der Waals surface area contributed by atoms with E-state index in [0.717, 1.165) is 23.1 Å². The van der Waals surface area contributed by atoms with Crippen molar-refractivity contribution in [3.8, 4) is 0 Å². The van der Waals surface area contributed by atoms with Crippen LogP contribution in [-0.2, 0) is 13.0 Å². The van der Waals surface area contributed by atoms with Crippen LogP contribution in [0.4, 0.5) is 20.4 Å². The average molecular weight is 471 g/mol. The van der Waals surface area contributed by atoms with Gasteiger partial charge in [0.25, 0.3) is 0 Å². The highest BCUT2D eigenvalue weighted by atomic mass is 19.1. The third-order valence-corrected chi connectivity index (χ3v) is 5.70. The molecule has 7 nitrogen and oxygen atoms in total. The Labute approximate surface area is 198 Å². The van der Waals surface area contributed by atoms with Gasteiger partial charge < -0.3 is 15.3 Å². The lowest BCUT2D eigenvalue weighted by Crippen LogP contribution is -2.46. The molecule has 3 aromatic rings. The molecule has 182 valence electrons. The molecule has 0 atom stereocenters. The quantitative estimate of drug-likeness (QED) is 0.545. The lowest BCUT2D eigenvalue weighted by atomic mass is 10.0. The maximum atomic E-state index is 14.1. The zero-order chi connectivity index (χ0) is 24.5. The third-order valence-electron chi connectivity index (χ3n) is 5.70. The van der Waals surface area contributed by atoms with E-state index in [0.29, 0.717) is 56.0 Å². The van der Waals surface area contributed by atoms with E-state index in [1.54, 1.807) is 20.0 Å². The number of benzene rings is 1. The van der Waals surface area contributed by atoms with E-state index in [4.69, 9.17) is 9.97 Å². The lowest BCUT2D eigenvalue weighted by molar-refractivity contribution is 0.0800. The molecule has 0 radical (unpaired) electrons.